The van der Waals surface area contributed by atoms with Crippen LogP contribution in [-0.2, 0) is 16.6 Å². The third-order valence-corrected chi connectivity index (χ3v) is 6.13. The van der Waals surface area contributed by atoms with E-state index >= 15 is 0 Å². The summed E-state index contributed by atoms with van der Waals surface area (Å²) in [7, 11) is -3.59. The number of sulfonamides is 1. The molecule has 1 aliphatic rings. The van der Waals surface area contributed by atoms with Crippen LogP contribution in [0.15, 0.2) is 23.1 Å². The molecular formula is C14H21ClN2O2S. The lowest BCUT2D eigenvalue weighted by Crippen LogP contribution is -2.32. The molecule has 0 amide bonds. The van der Waals surface area contributed by atoms with Crippen molar-refractivity contribution in [3.63, 3.8) is 0 Å². The van der Waals surface area contributed by atoms with Gasteiger partial charge in [0.05, 0.1) is 5.02 Å². The lowest BCUT2D eigenvalue weighted by Gasteiger charge is -2.20. The van der Waals surface area contributed by atoms with Crippen molar-refractivity contribution >= 4 is 21.6 Å². The van der Waals surface area contributed by atoms with Crippen molar-refractivity contribution in [2.75, 3.05) is 6.54 Å². The third-order valence-electron chi connectivity index (χ3n) is 4.25. The molecule has 0 radical (unpaired) electrons. The van der Waals surface area contributed by atoms with Gasteiger partial charge in [0, 0.05) is 13.1 Å². The summed E-state index contributed by atoms with van der Waals surface area (Å²) in [4.78, 5) is 0.113. The minimum Gasteiger partial charge on any atom is -0.326 e. The largest absolute Gasteiger partial charge is 0.326 e. The van der Waals surface area contributed by atoms with E-state index < -0.39 is 10.0 Å². The quantitative estimate of drug-likeness (QED) is 0.847. The molecule has 6 heteroatoms. The fourth-order valence-electron chi connectivity index (χ4n) is 2.32. The number of hydrogen-bond acceptors (Lipinski definition) is 3. The molecule has 4 nitrogen and oxygen atoms in total. The number of benzene rings is 1. The van der Waals surface area contributed by atoms with Crippen molar-refractivity contribution in [2.45, 2.75) is 38.1 Å². The van der Waals surface area contributed by atoms with Crippen molar-refractivity contribution in [2.24, 2.45) is 17.1 Å². The van der Waals surface area contributed by atoms with E-state index in [1.54, 1.807) is 18.2 Å². The first-order valence-electron chi connectivity index (χ1n) is 6.79. The summed E-state index contributed by atoms with van der Waals surface area (Å²) in [5.74, 6) is 0.469. The van der Waals surface area contributed by atoms with Crippen molar-refractivity contribution in [3.05, 3.63) is 28.8 Å². The van der Waals surface area contributed by atoms with Gasteiger partial charge in [-0.1, -0.05) is 31.5 Å². The zero-order valence-electron chi connectivity index (χ0n) is 11.8. The van der Waals surface area contributed by atoms with Gasteiger partial charge in [0.15, 0.2) is 0 Å². The van der Waals surface area contributed by atoms with Gasteiger partial charge in [0.2, 0.25) is 10.0 Å². The van der Waals surface area contributed by atoms with Crippen LogP contribution < -0.4 is 10.5 Å². The highest BCUT2D eigenvalue weighted by molar-refractivity contribution is 7.89. The predicted molar refractivity (Wildman–Crippen MR) is 81.0 cm³/mol. The number of halogens is 1. The number of nitrogens with one attached hydrogen (secondary N) is 1. The Bertz CT molecular complexity index is 595. The fourth-order valence-corrected chi connectivity index (χ4v) is 4.00. The van der Waals surface area contributed by atoms with Crippen LogP contribution >= 0.6 is 11.6 Å². The summed E-state index contributed by atoms with van der Waals surface area (Å²) in [6.07, 6.45) is 2.15. The maximum absolute atomic E-state index is 12.4. The van der Waals surface area contributed by atoms with Gasteiger partial charge in [-0.15, -0.1) is 0 Å². The lowest BCUT2D eigenvalue weighted by molar-refractivity contribution is 0.357. The first kappa shape index (κ1) is 15.8. The highest BCUT2D eigenvalue weighted by Crippen LogP contribution is 2.51. The molecular weight excluding hydrogens is 296 g/mol. The maximum atomic E-state index is 12.4. The van der Waals surface area contributed by atoms with Gasteiger partial charge >= 0.3 is 0 Å². The zero-order chi connectivity index (χ0) is 15.0. The molecule has 0 heterocycles. The van der Waals surface area contributed by atoms with Crippen LogP contribution in [0.2, 0.25) is 5.02 Å². The van der Waals surface area contributed by atoms with E-state index in [0.717, 1.165) is 18.4 Å². The Hall–Kier alpha value is -0.620. The maximum Gasteiger partial charge on any atom is 0.242 e. The van der Waals surface area contributed by atoms with Gasteiger partial charge in [0.25, 0.3) is 0 Å². The Morgan fingerprint density at radius 3 is 2.55 bits per heavy atom. The molecule has 0 aliphatic heterocycles. The molecule has 1 aromatic carbocycles. The first-order valence-corrected chi connectivity index (χ1v) is 8.65. The SMILES string of the molecule is CC(C)C1(CNS(=O)(=O)c2cc(CN)ccc2Cl)CC1. The average Bonchev–Trinajstić information content (AvgIpc) is 3.18. The average molecular weight is 317 g/mol. The van der Waals surface area contributed by atoms with Crippen molar-refractivity contribution in [1.82, 2.24) is 4.72 Å². The molecule has 0 bridgehead atoms. The highest BCUT2D eigenvalue weighted by Gasteiger charge is 2.45. The second-order valence-corrected chi connectivity index (χ2v) is 7.95. The van der Waals surface area contributed by atoms with Crippen LogP contribution in [0.5, 0.6) is 0 Å². The Labute approximate surface area is 125 Å². The predicted octanol–water partition coefficient (Wildman–Crippen LogP) is 2.51. The summed E-state index contributed by atoms with van der Waals surface area (Å²) in [6, 6.07) is 4.85. The van der Waals surface area contributed by atoms with Crippen molar-refractivity contribution < 1.29 is 8.42 Å². The van der Waals surface area contributed by atoms with Crippen LogP contribution in [-0.4, -0.2) is 15.0 Å². The second kappa shape index (κ2) is 5.64. The van der Waals surface area contributed by atoms with E-state index in [-0.39, 0.29) is 21.9 Å². The van der Waals surface area contributed by atoms with Crippen LogP contribution in [0.1, 0.15) is 32.3 Å². The zero-order valence-corrected chi connectivity index (χ0v) is 13.4. The fraction of sp³-hybridized carbons (Fsp3) is 0.571. The highest BCUT2D eigenvalue weighted by atomic mass is 35.5. The number of hydrogen-bond donors (Lipinski definition) is 2. The van der Waals surface area contributed by atoms with E-state index in [2.05, 4.69) is 18.6 Å². The summed E-state index contributed by atoms with van der Waals surface area (Å²) in [5.41, 5.74) is 6.41. The van der Waals surface area contributed by atoms with E-state index in [1.165, 1.54) is 0 Å². The molecule has 1 aromatic rings. The molecule has 2 rings (SSSR count). The van der Waals surface area contributed by atoms with Gasteiger partial charge in [0.1, 0.15) is 4.90 Å². The Morgan fingerprint density at radius 1 is 1.40 bits per heavy atom. The van der Waals surface area contributed by atoms with Gasteiger partial charge in [-0.25, -0.2) is 13.1 Å². The normalized spacial score (nSPS) is 17.4. The van der Waals surface area contributed by atoms with E-state index in [0.29, 0.717) is 12.5 Å². The Kier molecular flexibility index (Phi) is 4.44. The summed E-state index contributed by atoms with van der Waals surface area (Å²) >= 11 is 6.01. The van der Waals surface area contributed by atoms with Crippen molar-refractivity contribution in [3.8, 4) is 0 Å². The Balaban J connectivity index is 2.18. The molecule has 20 heavy (non-hydrogen) atoms. The number of rotatable bonds is 6. The monoisotopic (exact) mass is 316 g/mol. The smallest absolute Gasteiger partial charge is 0.242 e. The van der Waals surface area contributed by atoms with E-state index in [4.69, 9.17) is 17.3 Å². The molecule has 3 N–H and O–H groups in total. The molecule has 0 atom stereocenters. The van der Waals surface area contributed by atoms with Gasteiger partial charge in [-0.2, -0.15) is 0 Å². The summed E-state index contributed by atoms with van der Waals surface area (Å²) in [5, 5.41) is 0.226. The second-order valence-electron chi connectivity index (χ2n) is 5.81. The van der Waals surface area contributed by atoms with Gasteiger partial charge in [-0.3, -0.25) is 0 Å². The Morgan fingerprint density at radius 2 is 2.05 bits per heavy atom. The molecule has 0 spiro atoms. The van der Waals surface area contributed by atoms with Gasteiger partial charge < -0.3 is 5.73 Å². The topological polar surface area (TPSA) is 72.2 Å². The van der Waals surface area contributed by atoms with Crippen molar-refractivity contribution in [1.29, 1.82) is 0 Å². The summed E-state index contributed by atoms with van der Waals surface area (Å²) < 4.78 is 27.5. The molecule has 0 saturated heterocycles. The lowest BCUT2D eigenvalue weighted by atomic mass is 9.93. The third kappa shape index (κ3) is 3.17. The molecule has 1 aliphatic carbocycles. The van der Waals surface area contributed by atoms with Crippen LogP contribution in [0.3, 0.4) is 0 Å². The first-order chi connectivity index (χ1) is 9.31. The summed E-state index contributed by atoms with van der Waals surface area (Å²) in [6.45, 7) is 5.01. The standard InChI is InChI=1S/C14H21ClN2O2S/c1-10(2)14(5-6-14)9-17-20(18,19)13-7-11(8-16)3-4-12(13)15/h3-4,7,10,17H,5-6,8-9,16H2,1-2H3. The minimum absolute atomic E-state index is 0.113. The van der Waals surface area contributed by atoms with Crippen LogP contribution in [0.4, 0.5) is 0 Å². The van der Waals surface area contributed by atoms with Gasteiger partial charge in [-0.05, 0) is 41.9 Å². The molecule has 112 valence electrons. The molecule has 0 unspecified atom stereocenters. The minimum atomic E-state index is -3.59. The van der Waals surface area contributed by atoms with Crippen LogP contribution in [0.25, 0.3) is 0 Å². The molecule has 1 saturated carbocycles. The number of nitrogens with two attached hydrogens (primary N) is 1. The van der Waals surface area contributed by atoms with E-state index in [1.807, 2.05) is 0 Å². The molecule has 1 fully saturated rings. The molecule has 0 aromatic heterocycles. The van der Waals surface area contributed by atoms with Crippen LogP contribution in [0, 0.1) is 11.3 Å². The van der Waals surface area contributed by atoms with E-state index in [9.17, 15) is 8.42 Å².